The van der Waals surface area contributed by atoms with E-state index in [-0.39, 0.29) is 0 Å². The minimum absolute atomic E-state index is 0.430. The smallest absolute Gasteiger partial charge is 0.150 e. The quantitative estimate of drug-likeness (QED) is 0.565. The Hall–Kier alpha value is -3.65. The molecule has 0 saturated heterocycles. The number of aromatic nitrogens is 2. The van der Waals surface area contributed by atoms with Gasteiger partial charge in [-0.2, -0.15) is 5.26 Å². The van der Waals surface area contributed by atoms with E-state index in [0.717, 1.165) is 27.7 Å². The third kappa shape index (κ3) is 2.70. The lowest BCUT2D eigenvalue weighted by molar-refractivity contribution is 0.415. The SMILES string of the molecule is COc1ccc(Nc2ncc3cc4ccccc4nc3c2C#N)cc1. The molecule has 4 aromatic rings. The highest BCUT2D eigenvalue weighted by Crippen LogP contribution is 2.27. The van der Waals surface area contributed by atoms with Crippen LogP contribution in [-0.4, -0.2) is 17.1 Å². The lowest BCUT2D eigenvalue weighted by Gasteiger charge is -2.10. The Morgan fingerprint density at radius 2 is 1.84 bits per heavy atom. The van der Waals surface area contributed by atoms with E-state index in [9.17, 15) is 5.26 Å². The number of methoxy groups -OCH3 is 1. The predicted molar refractivity (Wildman–Crippen MR) is 98.0 cm³/mol. The van der Waals surface area contributed by atoms with Crippen molar-refractivity contribution in [1.82, 2.24) is 9.97 Å². The number of anilines is 2. The number of nitrogens with one attached hydrogen (secondary N) is 1. The van der Waals surface area contributed by atoms with E-state index in [2.05, 4.69) is 21.4 Å². The van der Waals surface area contributed by atoms with Crippen LogP contribution in [0.4, 0.5) is 11.5 Å². The number of hydrogen-bond donors (Lipinski definition) is 1. The Morgan fingerprint density at radius 3 is 2.60 bits per heavy atom. The molecule has 2 aromatic heterocycles. The molecule has 0 bridgehead atoms. The zero-order valence-electron chi connectivity index (χ0n) is 13.5. The average Bonchev–Trinajstić information content (AvgIpc) is 2.67. The molecule has 5 nitrogen and oxygen atoms in total. The van der Waals surface area contributed by atoms with Gasteiger partial charge in [-0.15, -0.1) is 0 Å². The van der Waals surface area contributed by atoms with Crippen LogP contribution in [0.3, 0.4) is 0 Å². The topological polar surface area (TPSA) is 70.8 Å². The van der Waals surface area contributed by atoms with Crippen molar-refractivity contribution in [3.63, 3.8) is 0 Å². The van der Waals surface area contributed by atoms with Crippen LogP contribution in [-0.2, 0) is 0 Å². The molecule has 0 saturated carbocycles. The van der Waals surface area contributed by atoms with E-state index in [1.807, 2.05) is 54.6 Å². The van der Waals surface area contributed by atoms with Crippen LogP contribution in [0.2, 0.25) is 0 Å². The van der Waals surface area contributed by atoms with Gasteiger partial charge in [0, 0.05) is 22.7 Å². The van der Waals surface area contributed by atoms with Crippen molar-refractivity contribution in [2.75, 3.05) is 12.4 Å². The van der Waals surface area contributed by atoms with Gasteiger partial charge in [0.2, 0.25) is 0 Å². The molecule has 0 amide bonds. The van der Waals surface area contributed by atoms with Crippen LogP contribution in [0, 0.1) is 11.3 Å². The van der Waals surface area contributed by atoms with Crippen molar-refractivity contribution in [3.8, 4) is 11.8 Å². The summed E-state index contributed by atoms with van der Waals surface area (Å²) in [5.74, 6) is 1.26. The van der Waals surface area contributed by atoms with Crippen molar-refractivity contribution in [2.24, 2.45) is 0 Å². The highest BCUT2D eigenvalue weighted by Gasteiger charge is 2.12. The summed E-state index contributed by atoms with van der Waals surface area (Å²) in [6.07, 6.45) is 1.74. The molecule has 120 valence electrons. The first-order chi connectivity index (χ1) is 12.3. The van der Waals surface area contributed by atoms with Crippen molar-refractivity contribution in [1.29, 1.82) is 5.26 Å². The van der Waals surface area contributed by atoms with Crippen LogP contribution in [0.1, 0.15) is 5.56 Å². The normalized spacial score (nSPS) is 10.6. The Kier molecular flexibility index (Phi) is 3.64. The molecular formula is C20H14N4O. The molecule has 25 heavy (non-hydrogen) atoms. The maximum absolute atomic E-state index is 9.66. The summed E-state index contributed by atoms with van der Waals surface area (Å²) >= 11 is 0. The van der Waals surface area contributed by atoms with E-state index in [4.69, 9.17) is 4.74 Å². The van der Waals surface area contributed by atoms with Gasteiger partial charge in [-0.05, 0) is 36.4 Å². The first-order valence-electron chi connectivity index (χ1n) is 7.78. The van der Waals surface area contributed by atoms with Gasteiger partial charge in [-0.3, -0.25) is 0 Å². The van der Waals surface area contributed by atoms with E-state index < -0.39 is 0 Å². The number of hydrogen-bond acceptors (Lipinski definition) is 5. The van der Waals surface area contributed by atoms with E-state index in [0.29, 0.717) is 16.9 Å². The zero-order chi connectivity index (χ0) is 17.2. The first kappa shape index (κ1) is 14.9. The molecule has 0 fully saturated rings. The van der Waals surface area contributed by atoms with Gasteiger partial charge in [-0.25, -0.2) is 9.97 Å². The Morgan fingerprint density at radius 1 is 1.04 bits per heavy atom. The second kappa shape index (κ2) is 6.10. The van der Waals surface area contributed by atoms with E-state index >= 15 is 0 Å². The van der Waals surface area contributed by atoms with Gasteiger partial charge < -0.3 is 10.1 Å². The van der Waals surface area contributed by atoms with Crippen LogP contribution < -0.4 is 10.1 Å². The highest BCUT2D eigenvalue weighted by atomic mass is 16.5. The van der Waals surface area contributed by atoms with Gasteiger partial charge in [0.05, 0.1) is 18.1 Å². The molecule has 0 aliphatic carbocycles. The second-order valence-electron chi connectivity index (χ2n) is 5.57. The van der Waals surface area contributed by atoms with E-state index in [1.54, 1.807) is 13.3 Å². The molecule has 1 N–H and O–H groups in total. The summed E-state index contributed by atoms with van der Waals surface area (Å²) in [7, 11) is 1.62. The monoisotopic (exact) mass is 326 g/mol. The van der Waals surface area contributed by atoms with Crippen molar-refractivity contribution in [2.45, 2.75) is 0 Å². The fourth-order valence-electron chi connectivity index (χ4n) is 2.75. The predicted octanol–water partition coefficient (Wildman–Crippen LogP) is 4.41. The number of pyridine rings is 2. The molecule has 2 heterocycles. The number of para-hydroxylation sites is 1. The molecule has 0 aliphatic rings. The molecule has 0 unspecified atom stereocenters. The molecule has 0 aliphatic heterocycles. The number of benzene rings is 2. The van der Waals surface area contributed by atoms with Gasteiger partial charge >= 0.3 is 0 Å². The molecule has 4 rings (SSSR count). The van der Waals surface area contributed by atoms with Crippen LogP contribution in [0.25, 0.3) is 21.8 Å². The van der Waals surface area contributed by atoms with Gasteiger partial charge in [0.1, 0.15) is 17.4 Å². The lowest BCUT2D eigenvalue weighted by Crippen LogP contribution is -1.99. The summed E-state index contributed by atoms with van der Waals surface area (Å²) in [6, 6.07) is 19.5. The highest BCUT2D eigenvalue weighted by molar-refractivity contribution is 5.96. The number of nitriles is 1. The molecular weight excluding hydrogens is 312 g/mol. The summed E-state index contributed by atoms with van der Waals surface area (Å²) < 4.78 is 5.16. The molecule has 0 spiro atoms. The standard InChI is InChI=1S/C20H14N4O/c1-25-16-8-6-15(7-9-16)23-20-17(11-21)19-14(12-22-20)10-13-4-2-3-5-18(13)24-19/h2-10,12H,1H3,(H,22,23). The van der Waals surface area contributed by atoms with Crippen LogP contribution in [0.5, 0.6) is 5.75 Å². The average molecular weight is 326 g/mol. The first-order valence-corrected chi connectivity index (χ1v) is 7.78. The largest absolute Gasteiger partial charge is 0.497 e. The zero-order valence-corrected chi connectivity index (χ0v) is 13.5. The van der Waals surface area contributed by atoms with Crippen LogP contribution >= 0.6 is 0 Å². The summed E-state index contributed by atoms with van der Waals surface area (Å²) in [6.45, 7) is 0. The maximum atomic E-state index is 9.66. The Labute approximate surface area is 144 Å². The van der Waals surface area contributed by atoms with Gasteiger partial charge in [0.25, 0.3) is 0 Å². The summed E-state index contributed by atoms with van der Waals surface area (Å²) in [5, 5.41) is 14.7. The van der Waals surface area contributed by atoms with Crippen molar-refractivity contribution < 1.29 is 4.74 Å². The lowest BCUT2D eigenvalue weighted by atomic mass is 10.1. The fraction of sp³-hybridized carbons (Fsp3) is 0.0500. The minimum Gasteiger partial charge on any atom is -0.497 e. The van der Waals surface area contributed by atoms with E-state index in [1.165, 1.54) is 0 Å². The summed E-state index contributed by atoms with van der Waals surface area (Å²) in [4.78, 5) is 9.07. The third-order valence-electron chi connectivity index (χ3n) is 4.02. The molecule has 0 radical (unpaired) electrons. The van der Waals surface area contributed by atoms with Crippen molar-refractivity contribution in [3.05, 3.63) is 66.4 Å². The van der Waals surface area contributed by atoms with Crippen molar-refractivity contribution >= 4 is 33.3 Å². The Balaban J connectivity index is 1.83. The number of nitrogens with zero attached hydrogens (tertiary/aromatic N) is 3. The fourth-order valence-corrected chi connectivity index (χ4v) is 2.75. The van der Waals surface area contributed by atoms with Gasteiger partial charge in [0.15, 0.2) is 5.82 Å². The minimum atomic E-state index is 0.430. The second-order valence-corrected chi connectivity index (χ2v) is 5.57. The molecule has 0 atom stereocenters. The van der Waals surface area contributed by atoms with Crippen LogP contribution in [0.15, 0.2) is 60.8 Å². The number of rotatable bonds is 3. The Bertz CT molecular complexity index is 1110. The number of fused-ring (bicyclic) bond motifs is 2. The third-order valence-corrected chi connectivity index (χ3v) is 4.02. The maximum Gasteiger partial charge on any atom is 0.150 e. The molecule has 2 aromatic carbocycles. The van der Waals surface area contributed by atoms with Gasteiger partial charge in [-0.1, -0.05) is 18.2 Å². The molecule has 5 heteroatoms. The number of ether oxygens (including phenoxy) is 1. The summed E-state index contributed by atoms with van der Waals surface area (Å²) in [5.41, 5.74) is 2.75.